The van der Waals surface area contributed by atoms with E-state index in [0.29, 0.717) is 30.5 Å². The van der Waals surface area contributed by atoms with Crippen molar-refractivity contribution in [3.8, 4) is 0 Å². The van der Waals surface area contributed by atoms with Crippen LogP contribution in [0.1, 0.15) is 57.2 Å². The van der Waals surface area contributed by atoms with E-state index in [1.54, 1.807) is 0 Å². The van der Waals surface area contributed by atoms with E-state index < -0.39 is 0 Å². The standard InChI is InChI=1S/C15H26N4O2/c1-11(2)15-18-14(21-19-15)6-5-13(20)17-9-7-12-4-3-8-16-10-12/h11-12,16H,3-10H2,1-2H3,(H,17,20). The minimum atomic E-state index is 0.0584. The maximum Gasteiger partial charge on any atom is 0.227 e. The first-order valence-corrected chi connectivity index (χ1v) is 7.95. The molecule has 0 saturated carbocycles. The van der Waals surface area contributed by atoms with Crippen molar-refractivity contribution in [3.05, 3.63) is 11.7 Å². The SMILES string of the molecule is CC(C)c1noc(CCC(=O)NCCC2CCCNC2)n1. The molecule has 6 nitrogen and oxygen atoms in total. The zero-order valence-electron chi connectivity index (χ0n) is 13.0. The van der Waals surface area contributed by atoms with E-state index >= 15 is 0 Å². The molecule has 2 rings (SSSR count). The Hall–Kier alpha value is -1.43. The first-order chi connectivity index (χ1) is 10.1. The monoisotopic (exact) mass is 294 g/mol. The Morgan fingerprint density at radius 3 is 3.05 bits per heavy atom. The molecule has 21 heavy (non-hydrogen) atoms. The van der Waals surface area contributed by atoms with Crippen molar-refractivity contribution in [1.82, 2.24) is 20.8 Å². The molecule has 0 aromatic carbocycles. The van der Waals surface area contributed by atoms with E-state index in [9.17, 15) is 4.79 Å². The number of carbonyl (C=O) groups excluding carboxylic acids is 1. The van der Waals surface area contributed by atoms with Crippen LogP contribution >= 0.6 is 0 Å². The molecular formula is C15H26N4O2. The van der Waals surface area contributed by atoms with Crippen LogP contribution in [0.2, 0.25) is 0 Å². The van der Waals surface area contributed by atoms with Gasteiger partial charge in [0.25, 0.3) is 0 Å². The fraction of sp³-hybridized carbons (Fsp3) is 0.800. The van der Waals surface area contributed by atoms with Gasteiger partial charge >= 0.3 is 0 Å². The number of amides is 1. The van der Waals surface area contributed by atoms with Gasteiger partial charge in [0.1, 0.15) is 0 Å². The molecule has 6 heteroatoms. The smallest absolute Gasteiger partial charge is 0.227 e. The zero-order chi connectivity index (χ0) is 15.1. The van der Waals surface area contributed by atoms with Crippen molar-refractivity contribution >= 4 is 5.91 Å². The molecule has 0 bridgehead atoms. The quantitative estimate of drug-likeness (QED) is 0.799. The molecule has 1 aromatic rings. The molecule has 1 aliphatic heterocycles. The van der Waals surface area contributed by atoms with Crippen molar-refractivity contribution < 1.29 is 9.32 Å². The number of hydrogen-bond donors (Lipinski definition) is 2. The minimum absolute atomic E-state index is 0.0584. The molecule has 1 aliphatic rings. The molecule has 0 spiro atoms. The number of piperidine rings is 1. The number of hydrogen-bond acceptors (Lipinski definition) is 5. The Balaban J connectivity index is 1.60. The second-order valence-corrected chi connectivity index (χ2v) is 6.05. The maximum atomic E-state index is 11.8. The van der Waals surface area contributed by atoms with E-state index in [2.05, 4.69) is 20.8 Å². The Morgan fingerprint density at radius 2 is 2.38 bits per heavy atom. The van der Waals surface area contributed by atoms with Gasteiger partial charge in [-0.3, -0.25) is 4.79 Å². The van der Waals surface area contributed by atoms with Crippen LogP contribution in [-0.2, 0) is 11.2 Å². The van der Waals surface area contributed by atoms with Gasteiger partial charge in [0.05, 0.1) is 0 Å². The summed E-state index contributed by atoms with van der Waals surface area (Å²) in [5.74, 6) is 2.26. The molecule has 1 atom stereocenters. The molecule has 0 radical (unpaired) electrons. The average Bonchev–Trinajstić information content (AvgIpc) is 2.95. The summed E-state index contributed by atoms with van der Waals surface area (Å²) >= 11 is 0. The van der Waals surface area contributed by atoms with Crippen molar-refractivity contribution in [2.45, 2.75) is 51.9 Å². The molecule has 118 valence electrons. The molecule has 2 N–H and O–H groups in total. The normalized spacial score (nSPS) is 18.9. The molecule has 1 fully saturated rings. The molecule has 2 heterocycles. The average molecular weight is 294 g/mol. The summed E-state index contributed by atoms with van der Waals surface area (Å²) in [6.07, 6.45) is 4.48. The van der Waals surface area contributed by atoms with E-state index in [-0.39, 0.29) is 11.8 Å². The summed E-state index contributed by atoms with van der Waals surface area (Å²) in [5.41, 5.74) is 0. The lowest BCUT2D eigenvalue weighted by atomic mass is 9.96. The Kier molecular flexibility index (Phi) is 6.17. The van der Waals surface area contributed by atoms with Crippen molar-refractivity contribution in [2.75, 3.05) is 19.6 Å². The predicted molar refractivity (Wildman–Crippen MR) is 79.9 cm³/mol. The molecule has 1 aromatic heterocycles. The van der Waals surface area contributed by atoms with Crippen LogP contribution in [-0.4, -0.2) is 35.7 Å². The van der Waals surface area contributed by atoms with Crippen LogP contribution in [0.4, 0.5) is 0 Å². The fourth-order valence-corrected chi connectivity index (χ4v) is 2.50. The van der Waals surface area contributed by atoms with E-state index in [0.717, 1.165) is 26.1 Å². The van der Waals surface area contributed by atoms with Gasteiger partial charge in [-0.05, 0) is 38.3 Å². The van der Waals surface area contributed by atoms with Gasteiger partial charge in [-0.15, -0.1) is 0 Å². The van der Waals surface area contributed by atoms with E-state index in [4.69, 9.17) is 4.52 Å². The largest absolute Gasteiger partial charge is 0.356 e. The highest BCUT2D eigenvalue weighted by molar-refractivity contribution is 5.75. The minimum Gasteiger partial charge on any atom is -0.356 e. The van der Waals surface area contributed by atoms with Gasteiger partial charge < -0.3 is 15.2 Å². The van der Waals surface area contributed by atoms with Gasteiger partial charge in [-0.25, -0.2) is 0 Å². The number of carbonyl (C=O) groups is 1. The summed E-state index contributed by atoms with van der Waals surface area (Å²) < 4.78 is 5.13. The number of aromatic nitrogens is 2. The summed E-state index contributed by atoms with van der Waals surface area (Å²) in [4.78, 5) is 16.1. The Labute approximate surface area is 126 Å². The number of nitrogens with one attached hydrogen (secondary N) is 2. The first kappa shape index (κ1) is 15.9. The number of nitrogens with zero attached hydrogens (tertiary/aromatic N) is 2. The summed E-state index contributed by atoms with van der Waals surface area (Å²) in [7, 11) is 0. The summed E-state index contributed by atoms with van der Waals surface area (Å²) in [5, 5.41) is 10.3. The topological polar surface area (TPSA) is 80.0 Å². The van der Waals surface area contributed by atoms with Crippen LogP contribution in [0.3, 0.4) is 0 Å². The van der Waals surface area contributed by atoms with Crippen LogP contribution < -0.4 is 10.6 Å². The molecule has 1 amide bonds. The third kappa shape index (κ3) is 5.46. The predicted octanol–water partition coefficient (Wildman–Crippen LogP) is 1.63. The van der Waals surface area contributed by atoms with Crippen molar-refractivity contribution in [1.29, 1.82) is 0 Å². The lowest BCUT2D eigenvalue weighted by Gasteiger charge is -2.22. The summed E-state index contributed by atoms with van der Waals surface area (Å²) in [6, 6.07) is 0. The van der Waals surface area contributed by atoms with Crippen LogP contribution in [0.25, 0.3) is 0 Å². The van der Waals surface area contributed by atoms with Crippen molar-refractivity contribution in [2.24, 2.45) is 5.92 Å². The Bertz CT molecular complexity index is 439. The third-order valence-corrected chi connectivity index (χ3v) is 3.84. The Morgan fingerprint density at radius 1 is 1.52 bits per heavy atom. The second-order valence-electron chi connectivity index (χ2n) is 6.05. The highest BCUT2D eigenvalue weighted by Gasteiger charge is 2.14. The maximum absolute atomic E-state index is 11.8. The molecule has 0 aliphatic carbocycles. The molecule has 1 saturated heterocycles. The highest BCUT2D eigenvalue weighted by atomic mass is 16.5. The van der Waals surface area contributed by atoms with Gasteiger partial charge in [0.2, 0.25) is 11.8 Å². The zero-order valence-corrected chi connectivity index (χ0v) is 13.0. The van der Waals surface area contributed by atoms with E-state index in [1.807, 2.05) is 13.8 Å². The lowest BCUT2D eigenvalue weighted by molar-refractivity contribution is -0.121. The summed E-state index contributed by atoms with van der Waals surface area (Å²) in [6.45, 7) is 7.00. The molecular weight excluding hydrogens is 268 g/mol. The van der Waals surface area contributed by atoms with Gasteiger partial charge in [-0.2, -0.15) is 4.98 Å². The number of rotatable bonds is 7. The van der Waals surface area contributed by atoms with Gasteiger partial charge in [0.15, 0.2) is 5.82 Å². The van der Waals surface area contributed by atoms with Crippen LogP contribution in [0, 0.1) is 5.92 Å². The van der Waals surface area contributed by atoms with Crippen LogP contribution in [0.5, 0.6) is 0 Å². The fourth-order valence-electron chi connectivity index (χ4n) is 2.50. The van der Waals surface area contributed by atoms with E-state index in [1.165, 1.54) is 12.8 Å². The second kappa shape index (κ2) is 8.12. The number of aryl methyl sites for hydroxylation is 1. The highest BCUT2D eigenvalue weighted by Crippen LogP contribution is 2.13. The van der Waals surface area contributed by atoms with Crippen molar-refractivity contribution in [3.63, 3.8) is 0 Å². The van der Waals surface area contributed by atoms with Gasteiger partial charge in [0, 0.05) is 25.3 Å². The lowest BCUT2D eigenvalue weighted by Crippen LogP contribution is -2.33. The van der Waals surface area contributed by atoms with Crippen LogP contribution in [0.15, 0.2) is 4.52 Å². The third-order valence-electron chi connectivity index (χ3n) is 3.84. The van der Waals surface area contributed by atoms with Gasteiger partial charge in [-0.1, -0.05) is 19.0 Å². The molecule has 1 unspecified atom stereocenters. The first-order valence-electron chi connectivity index (χ1n) is 7.95.